The lowest BCUT2D eigenvalue weighted by atomic mass is 10.1. The highest BCUT2D eigenvalue weighted by Gasteiger charge is 2.20. The van der Waals surface area contributed by atoms with Crippen molar-refractivity contribution in [3.05, 3.63) is 65.2 Å². The zero-order chi connectivity index (χ0) is 18.4. The molecule has 0 aliphatic carbocycles. The quantitative estimate of drug-likeness (QED) is 0.711. The molecule has 0 saturated heterocycles. The van der Waals surface area contributed by atoms with Crippen LogP contribution in [0.4, 0.5) is 8.78 Å². The van der Waals surface area contributed by atoms with Gasteiger partial charge in [0.05, 0.1) is 23.4 Å². The summed E-state index contributed by atoms with van der Waals surface area (Å²) in [5.74, 6) is -1.77. The maximum absolute atomic E-state index is 13.2. The summed E-state index contributed by atoms with van der Waals surface area (Å²) < 4.78 is 26.2. The number of nitriles is 1. The minimum Gasteiger partial charge on any atom is -0.335 e. The first kappa shape index (κ1) is 18.9. The third-order valence-corrected chi connectivity index (χ3v) is 4.88. The highest BCUT2D eigenvalue weighted by Crippen LogP contribution is 2.24. The first-order valence-electron chi connectivity index (χ1n) is 7.83. The molecule has 6 heteroatoms. The van der Waals surface area contributed by atoms with E-state index < -0.39 is 11.6 Å². The first-order valence-corrected chi connectivity index (χ1v) is 8.82. The Balaban J connectivity index is 2.03. The second-order valence-electron chi connectivity index (χ2n) is 5.45. The monoisotopic (exact) mass is 360 g/mol. The minimum absolute atomic E-state index is 0.0888. The lowest BCUT2D eigenvalue weighted by molar-refractivity contribution is -0.130. The maximum Gasteiger partial charge on any atom is 0.233 e. The van der Waals surface area contributed by atoms with E-state index in [2.05, 4.69) is 6.07 Å². The van der Waals surface area contributed by atoms with E-state index in [4.69, 9.17) is 5.26 Å². The Kier molecular flexibility index (Phi) is 6.54. The lowest BCUT2D eigenvalue weighted by Crippen LogP contribution is -2.34. The molecule has 0 spiro atoms. The van der Waals surface area contributed by atoms with Gasteiger partial charge in [-0.05, 0) is 49.7 Å². The average molecular weight is 360 g/mol. The molecule has 0 heterocycles. The topological polar surface area (TPSA) is 44.1 Å². The van der Waals surface area contributed by atoms with Crippen molar-refractivity contribution in [2.75, 3.05) is 12.3 Å². The number of amides is 1. The van der Waals surface area contributed by atoms with Crippen LogP contribution in [0.1, 0.15) is 31.0 Å². The smallest absolute Gasteiger partial charge is 0.233 e. The van der Waals surface area contributed by atoms with Crippen molar-refractivity contribution < 1.29 is 13.6 Å². The van der Waals surface area contributed by atoms with Gasteiger partial charge in [-0.3, -0.25) is 4.79 Å². The number of hydrogen-bond acceptors (Lipinski definition) is 3. The largest absolute Gasteiger partial charge is 0.335 e. The van der Waals surface area contributed by atoms with Gasteiger partial charge in [0.2, 0.25) is 5.91 Å². The van der Waals surface area contributed by atoms with Crippen LogP contribution in [0.2, 0.25) is 0 Å². The number of nitrogens with zero attached hydrogens (tertiary/aromatic N) is 2. The summed E-state index contributed by atoms with van der Waals surface area (Å²) in [5, 5.41) is 8.86. The van der Waals surface area contributed by atoms with E-state index in [1.807, 2.05) is 26.0 Å². The van der Waals surface area contributed by atoms with Gasteiger partial charge in [-0.25, -0.2) is 8.78 Å². The normalized spacial score (nSPS) is 11.6. The third-order valence-electron chi connectivity index (χ3n) is 3.90. The van der Waals surface area contributed by atoms with Crippen molar-refractivity contribution in [1.82, 2.24) is 4.90 Å². The van der Waals surface area contributed by atoms with E-state index >= 15 is 0 Å². The summed E-state index contributed by atoms with van der Waals surface area (Å²) in [5.41, 5.74) is 1.51. The van der Waals surface area contributed by atoms with E-state index in [1.54, 1.807) is 17.0 Å². The molecule has 0 aliphatic rings. The molecule has 0 aromatic heterocycles. The fourth-order valence-electron chi connectivity index (χ4n) is 2.48. The van der Waals surface area contributed by atoms with Gasteiger partial charge in [-0.2, -0.15) is 5.26 Å². The minimum atomic E-state index is -0.921. The summed E-state index contributed by atoms with van der Waals surface area (Å²) in [6.07, 6.45) is 0. The molecule has 3 nitrogen and oxygen atoms in total. The van der Waals surface area contributed by atoms with Crippen LogP contribution in [-0.2, 0) is 4.79 Å². The average Bonchev–Trinajstić information content (AvgIpc) is 2.63. The zero-order valence-electron chi connectivity index (χ0n) is 14.0. The zero-order valence-corrected chi connectivity index (χ0v) is 14.8. The van der Waals surface area contributed by atoms with Crippen LogP contribution in [0.15, 0.2) is 47.4 Å². The molecule has 25 heavy (non-hydrogen) atoms. The van der Waals surface area contributed by atoms with Gasteiger partial charge >= 0.3 is 0 Å². The van der Waals surface area contributed by atoms with Crippen molar-refractivity contribution in [2.45, 2.75) is 24.8 Å². The van der Waals surface area contributed by atoms with E-state index in [0.717, 1.165) is 17.7 Å². The third kappa shape index (κ3) is 4.80. The van der Waals surface area contributed by atoms with Crippen molar-refractivity contribution in [2.24, 2.45) is 0 Å². The molecule has 0 saturated carbocycles. The molecule has 1 amide bonds. The standard InChI is InChI=1S/C19H18F2N2OS/c1-3-23(13(2)15-6-4-14(11-22)5-7-15)19(24)12-25-16-8-9-17(20)18(21)10-16/h4-10,13H,3,12H2,1-2H3/t13-/m0/s1. The predicted octanol–water partition coefficient (Wildman–Crippen LogP) is 4.54. The van der Waals surface area contributed by atoms with Gasteiger partial charge in [-0.15, -0.1) is 11.8 Å². The second-order valence-corrected chi connectivity index (χ2v) is 6.50. The first-order chi connectivity index (χ1) is 12.0. The van der Waals surface area contributed by atoms with Gasteiger partial charge in [0.25, 0.3) is 0 Å². The van der Waals surface area contributed by atoms with Gasteiger partial charge in [0.1, 0.15) is 0 Å². The van der Waals surface area contributed by atoms with Gasteiger partial charge in [-0.1, -0.05) is 12.1 Å². The Morgan fingerprint density at radius 2 is 1.88 bits per heavy atom. The number of rotatable bonds is 6. The molecule has 2 aromatic carbocycles. The number of hydrogen-bond donors (Lipinski definition) is 0. The van der Waals surface area contributed by atoms with Crippen molar-refractivity contribution in [3.8, 4) is 6.07 Å². The van der Waals surface area contributed by atoms with E-state index in [9.17, 15) is 13.6 Å². The molecule has 2 aromatic rings. The van der Waals surface area contributed by atoms with Crippen LogP contribution in [0, 0.1) is 23.0 Å². The number of benzene rings is 2. The Hall–Kier alpha value is -2.39. The predicted molar refractivity (Wildman–Crippen MR) is 94.0 cm³/mol. The van der Waals surface area contributed by atoms with Gasteiger partial charge in [0.15, 0.2) is 11.6 Å². The van der Waals surface area contributed by atoms with Crippen LogP contribution in [-0.4, -0.2) is 23.1 Å². The van der Waals surface area contributed by atoms with Gasteiger partial charge < -0.3 is 4.90 Å². The molecular weight excluding hydrogens is 342 g/mol. The fourth-order valence-corrected chi connectivity index (χ4v) is 3.28. The second kappa shape index (κ2) is 8.63. The summed E-state index contributed by atoms with van der Waals surface area (Å²) in [6, 6.07) is 12.6. The fraction of sp³-hybridized carbons (Fsp3) is 0.263. The summed E-state index contributed by atoms with van der Waals surface area (Å²) in [7, 11) is 0. The highest BCUT2D eigenvalue weighted by atomic mass is 32.2. The molecule has 0 fully saturated rings. The summed E-state index contributed by atoms with van der Waals surface area (Å²) in [4.78, 5) is 14.7. The molecule has 130 valence electrons. The molecule has 0 radical (unpaired) electrons. The molecular formula is C19H18F2N2OS. The Morgan fingerprint density at radius 1 is 1.20 bits per heavy atom. The number of thioether (sulfide) groups is 1. The van der Waals surface area contributed by atoms with E-state index in [0.29, 0.717) is 17.0 Å². The Labute approximate surface area is 150 Å². The summed E-state index contributed by atoms with van der Waals surface area (Å²) >= 11 is 1.17. The van der Waals surface area contributed by atoms with Crippen molar-refractivity contribution >= 4 is 17.7 Å². The van der Waals surface area contributed by atoms with Crippen LogP contribution >= 0.6 is 11.8 Å². The highest BCUT2D eigenvalue weighted by molar-refractivity contribution is 8.00. The molecule has 1 atom stereocenters. The Morgan fingerprint density at radius 3 is 2.44 bits per heavy atom. The number of halogens is 2. The van der Waals surface area contributed by atoms with E-state index in [-0.39, 0.29) is 17.7 Å². The van der Waals surface area contributed by atoms with Crippen LogP contribution in [0.5, 0.6) is 0 Å². The van der Waals surface area contributed by atoms with Crippen LogP contribution in [0.25, 0.3) is 0 Å². The van der Waals surface area contributed by atoms with Crippen molar-refractivity contribution in [3.63, 3.8) is 0 Å². The van der Waals surface area contributed by atoms with E-state index in [1.165, 1.54) is 17.8 Å². The van der Waals surface area contributed by atoms with Crippen LogP contribution in [0.3, 0.4) is 0 Å². The molecule has 0 unspecified atom stereocenters. The number of carbonyl (C=O) groups excluding carboxylic acids is 1. The molecule has 2 rings (SSSR count). The Bertz CT molecular complexity index is 787. The number of carbonyl (C=O) groups is 1. The molecule has 0 N–H and O–H groups in total. The lowest BCUT2D eigenvalue weighted by Gasteiger charge is -2.28. The van der Waals surface area contributed by atoms with Crippen LogP contribution < -0.4 is 0 Å². The van der Waals surface area contributed by atoms with Crippen molar-refractivity contribution in [1.29, 1.82) is 5.26 Å². The maximum atomic E-state index is 13.2. The molecule has 0 aliphatic heterocycles. The molecule has 0 bridgehead atoms. The summed E-state index contributed by atoms with van der Waals surface area (Å²) in [6.45, 7) is 4.34. The SMILES string of the molecule is CCN(C(=O)CSc1ccc(F)c(F)c1)[C@@H](C)c1ccc(C#N)cc1. The van der Waals surface area contributed by atoms with Gasteiger partial charge in [0, 0.05) is 11.4 Å².